The third-order valence-corrected chi connectivity index (χ3v) is 3.90. The third-order valence-electron chi connectivity index (χ3n) is 3.90. The van der Waals surface area contributed by atoms with Gasteiger partial charge in [0, 0.05) is 12.6 Å². The Morgan fingerprint density at radius 2 is 1.89 bits per heavy atom. The molecule has 0 aliphatic heterocycles. The second-order valence-corrected chi connectivity index (χ2v) is 5.80. The summed E-state index contributed by atoms with van der Waals surface area (Å²) in [6, 6.07) is 8.16. The molecule has 0 heterocycles. The highest BCUT2D eigenvalue weighted by atomic mass is 16.5. The van der Waals surface area contributed by atoms with E-state index >= 15 is 0 Å². The van der Waals surface area contributed by atoms with Crippen LogP contribution in [0.4, 0.5) is 0 Å². The molecule has 106 valence electrons. The van der Waals surface area contributed by atoms with E-state index in [2.05, 4.69) is 19.2 Å². The summed E-state index contributed by atoms with van der Waals surface area (Å²) >= 11 is 0. The van der Waals surface area contributed by atoms with Gasteiger partial charge in [-0.2, -0.15) is 0 Å². The zero-order chi connectivity index (χ0) is 13.8. The van der Waals surface area contributed by atoms with Crippen molar-refractivity contribution < 1.29 is 9.84 Å². The summed E-state index contributed by atoms with van der Waals surface area (Å²) in [6.45, 7) is 5.11. The smallest absolute Gasteiger partial charge is 0.118 e. The van der Waals surface area contributed by atoms with Gasteiger partial charge in [-0.3, -0.25) is 0 Å². The Bertz CT molecular complexity index is 382. The van der Waals surface area contributed by atoms with E-state index in [9.17, 15) is 5.11 Å². The lowest BCUT2D eigenvalue weighted by molar-refractivity contribution is 0.162. The lowest BCUT2D eigenvalue weighted by Gasteiger charge is -2.24. The standard InChI is InChI=1S/C16H25NO2/c1-11(2)16(13-4-5-13)17-10-15(18)12-6-8-14(19-3)9-7-12/h6-9,11,13,15-18H,4-5,10H2,1-3H3/t15-,16+/m1/s1. The predicted molar refractivity (Wildman–Crippen MR) is 77.3 cm³/mol. The average molecular weight is 263 g/mol. The Labute approximate surface area is 116 Å². The number of benzene rings is 1. The van der Waals surface area contributed by atoms with Gasteiger partial charge in [-0.1, -0.05) is 26.0 Å². The molecule has 0 aromatic heterocycles. The Hall–Kier alpha value is -1.06. The summed E-state index contributed by atoms with van der Waals surface area (Å²) < 4.78 is 5.12. The molecule has 1 aromatic rings. The van der Waals surface area contributed by atoms with Crippen molar-refractivity contribution in [3.63, 3.8) is 0 Å². The highest BCUT2D eigenvalue weighted by Crippen LogP contribution is 2.35. The van der Waals surface area contributed by atoms with Crippen molar-refractivity contribution in [2.45, 2.75) is 38.8 Å². The fourth-order valence-electron chi connectivity index (χ4n) is 2.59. The van der Waals surface area contributed by atoms with Crippen molar-refractivity contribution in [3.8, 4) is 5.75 Å². The van der Waals surface area contributed by atoms with Crippen LogP contribution in [0, 0.1) is 11.8 Å². The van der Waals surface area contributed by atoms with Crippen molar-refractivity contribution in [1.29, 1.82) is 0 Å². The predicted octanol–water partition coefficient (Wildman–Crippen LogP) is 2.75. The molecule has 2 N–H and O–H groups in total. The van der Waals surface area contributed by atoms with E-state index < -0.39 is 6.10 Å². The molecule has 1 aliphatic rings. The van der Waals surface area contributed by atoms with Gasteiger partial charge in [0.25, 0.3) is 0 Å². The van der Waals surface area contributed by atoms with E-state index in [0.29, 0.717) is 18.5 Å². The van der Waals surface area contributed by atoms with Crippen LogP contribution in [0.2, 0.25) is 0 Å². The van der Waals surface area contributed by atoms with Crippen LogP contribution in [0.15, 0.2) is 24.3 Å². The first-order valence-corrected chi connectivity index (χ1v) is 7.17. The normalized spacial score (nSPS) is 18.4. The van der Waals surface area contributed by atoms with Crippen LogP contribution in [0.3, 0.4) is 0 Å². The van der Waals surface area contributed by atoms with E-state index in [1.165, 1.54) is 12.8 Å². The van der Waals surface area contributed by atoms with Crippen LogP contribution in [-0.2, 0) is 0 Å². The molecule has 0 bridgehead atoms. The second kappa shape index (κ2) is 6.40. The molecule has 2 rings (SSSR count). The van der Waals surface area contributed by atoms with Crippen LogP contribution in [0.1, 0.15) is 38.4 Å². The molecule has 1 fully saturated rings. The van der Waals surface area contributed by atoms with Crippen LogP contribution in [-0.4, -0.2) is 24.8 Å². The van der Waals surface area contributed by atoms with E-state index in [-0.39, 0.29) is 0 Å². The SMILES string of the molecule is COc1ccc([C@H](O)CN[C@@H](C(C)C)C2CC2)cc1. The number of methoxy groups -OCH3 is 1. The maximum atomic E-state index is 10.2. The van der Waals surface area contributed by atoms with E-state index in [1.54, 1.807) is 7.11 Å². The molecule has 1 aliphatic carbocycles. The topological polar surface area (TPSA) is 41.5 Å². The molecule has 0 amide bonds. The number of nitrogens with one attached hydrogen (secondary N) is 1. The van der Waals surface area contributed by atoms with Gasteiger partial charge in [0.05, 0.1) is 13.2 Å². The van der Waals surface area contributed by atoms with Crippen molar-refractivity contribution in [1.82, 2.24) is 5.32 Å². The molecule has 19 heavy (non-hydrogen) atoms. The molecule has 2 atom stereocenters. The highest BCUT2D eigenvalue weighted by molar-refractivity contribution is 5.28. The molecular weight excluding hydrogens is 238 g/mol. The first-order valence-electron chi connectivity index (χ1n) is 7.17. The minimum absolute atomic E-state index is 0.453. The van der Waals surface area contributed by atoms with Gasteiger partial charge in [0.15, 0.2) is 0 Å². The Kier molecular flexibility index (Phi) is 4.83. The lowest BCUT2D eigenvalue weighted by atomic mass is 9.99. The number of hydrogen-bond acceptors (Lipinski definition) is 3. The molecule has 0 spiro atoms. The van der Waals surface area contributed by atoms with Gasteiger partial charge in [0.1, 0.15) is 5.75 Å². The molecule has 3 nitrogen and oxygen atoms in total. The summed E-state index contributed by atoms with van der Waals surface area (Å²) in [6.07, 6.45) is 2.20. The quantitative estimate of drug-likeness (QED) is 0.795. The molecule has 1 saturated carbocycles. The zero-order valence-electron chi connectivity index (χ0n) is 12.1. The molecule has 3 heteroatoms. The van der Waals surface area contributed by atoms with Gasteiger partial charge < -0.3 is 15.2 Å². The first-order chi connectivity index (χ1) is 9.11. The maximum absolute atomic E-state index is 10.2. The molecule has 0 unspecified atom stereocenters. The Balaban J connectivity index is 1.87. The number of ether oxygens (including phenoxy) is 1. The van der Waals surface area contributed by atoms with Crippen LogP contribution < -0.4 is 10.1 Å². The van der Waals surface area contributed by atoms with Crippen molar-refractivity contribution in [3.05, 3.63) is 29.8 Å². The lowest BCUT2D eigenvalue weighted by Crippen LogP contribution is -2.38. The number of aliphatic hydroxyl groups excluding tert-OH is 1. The van der Waals surface area contributed by atoms with Gasteiger partial charge in [0.2, 0.25) is 0 Å². The van der Waals surface area contributed by atoms with E-state index in [4.69, 9.17) is 4.74 Å². The molecule has 0 saturated heterocycles. The maximum Gasteiger partial charge on any atom is 0.118 e. The van der Waals surface area contributed by atoms with Crippen molar-refractivity contribution in [2.75, 3.05) is 13.7 Å². The minimum atomic E-state index is -0.453. The first kappa shape index (κ1) is 14.4. The number of rotatable bonds is 7. The summed E-state index contributed by atoms with van der Waals surface area (Å²) in [5.41, 5.74) is 0.937. The fraction of sp³-hybridized carbons (Fsp3) is 0.625. The average Bonchev–Trinajstić information content (AvgIpc) is 3.23. The summed E-state index contributed by atoms with van der Waals surface area (Å²) in [5.74, 6) is 2.25. The summed E-state index contributed by atoms with van der Waals surface area (Å²) in [7, 11) is 1.65. The van der Waals surface area contributed by atoms with E-state index in [0.717, 1.165) is 17.2 Å². The highest BCUT2D eigenvalue weighted by Gasteiger charge is 2.32. The molecular formula is C16H25NO2. The Morgan fingerprint density at radius 1 is 1.26 bits per heavy atom. The minimum Gasteiger partial charge on any atom is -0.497 e. The molecule has 1 aromatic carbocycles. The van der Waals surface area contributed by atoms with Gasteiger partial charge in [-0.05, 0) is 42.4 Å². The monoisotopic (exact) mass is 263 g/mol. The Morgan fingerprint density at radius 3 is 2.37 bits per heavy atom. The number of hydrogen-bond donors (Lipinski definition) is 2. The second-order valence-electron chi connectivity index (χ2n) is 5.80. The third kappa shape index (κ3) is 3.95. The van der Waals surface area contributed by atoms with Gasteiger partial charge >= 0.3 is 0 Å². The fourth-order valence-corrected chi connectivity index (χ4v) is 2.59. The summed E-state index contributed by atoms with van der Waals surface area (Å²) in [5, 5.41) is 13.7. The van der Waals surface area contributed by atoms with Crippen LogP contribution in [0.25, 0.3) is 0 Å². The summed E-state index contributed by atoms with van der Waals surface area (Å²) in [4.78, 5) is 0. The zero-order valence-corrected chi connectivity index (χ0v) is 12.1. The molecule has 0 radical (unpaired) electrons. The number of aliphatic hydroxyl groups is 1. The van der Waals surface area contributed by atoms with Crippen LogP contribution in [0.5, 0.6) is 5.75 Å². The van der Waals surface area contributed by atoms with Crippen molar-refractivity contribution in [2.24, 2.45) is 11.8 Å². The largest absolute Gasteiger partial charge is 0.497 e. The van der Waals surface area contributed by atoms with Gasteiger partial charge in [-0.25, -0.2) is 0 Å². The van der Waals surface area contributed by atoms with Crippen molar-refractivity contribution >= 4 is 0 Å². The van der Waals surface area contributed by atoms with E-state index in [1.807, 2.05) is 24.3 Å². The van der Waals surface area contributed by atoms with Crippen LogP contribution >= 0.6 is 0 Å². The van der Waals surface area contributed by atoms with Gasteiger partial charge in [-0.15, -0.1) is 0 Å².